The molecule has 2 aliphatic rings. The number of rotatable bonds is 4. The minimum absolute atomic E-state index is 0.468. The molecule has 0 aliphatic heterocycles. The Morgan fingerprint density at radius 3 is 1.38 bits per heavy atom. The Bertz CT molecular complexity index is 504. The Hall–Kier alpha value is -2.70. The Labute approximate surface area is 120 Å². The van der Waals surface area contributed by atoms with E-state index in [4.69, 9.17) is 10.2 Å². The summed E-state index contributed by atoms with van der Waals surface area (Å²) in [7, 11) is 0. The number of esters is 2. The van der Waals surface area contributed by atoms with Gasteiger partial charge in [0.05, 0.1) is 0 Å². The maximum atomic E-state index is 11.1. The monoisotopic (exact) mass is 294 g/mol. The van der Waals surface area contributed by atoms with Gasteiger partial charge in [-0.05, 0) is 25.7 Å². The maximum Gasteiger partial charge on any atom is 0.341 e. The number of carboxylic acids is 2. The summed E-state index contributed by atoms with van der Waals surface area (Å²) in [5.41, 5.74) is 1.27. The van der Waals surface area contributed by atoms with Gasteiger partial charge in [0.1, 0.15) is 0 Å². The molecule has 0 fully saturated rings. The summed E-state index contributed by atoms with van der Waals surface area (Å²) < 4.78 is 4.64. The number of ether oxygens (including phenoxy) is 1. The second-order valence-electron chi connectivity index (χ2n) is 4.22. The topological polar surface area (TPSA) is 118 Å². The van der Waals surface area contributed by atoms with E-state index in [0.717, 1.165) is 25.7 Å². The first kappa shape index (κ1) is 16.4. The molecule has 0 unspecified atom stereocenters. The highest BCUT2D eigenvalue weighted by Gasteiger charge is 2.23. The van der Waals surface area contributed by atoms with Crippen LogP contribution in [-0.2, 0) is 23.9 Å². The summed E-state index contributed by atoms with van der Waals surface area (Å²) in [5, 5.41) is 15.6. The fraction of sp³-hybridized carbons (Fsp3) is 0.286. The fourth-order valence-corrected chi connectivity index (χ4v) is 1.31. The highest BCUT2D eigenvalue weighted by atomic mass is 16.6. The molecule has 0 heterocycles. The Balaban J connectivity index is 0.000000240. The van der Waals surface area contributed by atoms with Gasteiger partial charge in [0, 0.05) is 23.3 Å². The van der Waals surface area contributed by atoms with Crippen LogP contribution >= 0.6 is 0 Å². The number of hydrogen-bond donors (Lipinski definition) is 2. The lowest BCUT2D eigenvalue weighted by Crippen LogP contribution is -2.20. The molecular formula is C14H14O7. The summed E-state index contributed by atoms with van der Waals surface area (Å²) in [6.45, 7) is 0. The van der Waals surface area contributed by atoms with Crippen LogP contribution in [0, 0.1) is 0 Å². The molecule has 2 N–H and O–H groups in total. The normalized spacial score (nSPS) is 15.4. The summed E-state index contributed by atoms with van der Waals surface area (Å²) in [4.78, 5) is 41.4. The molecule has 0 aromatic heterocycles. The van der Waals surface area contributed by atoms with Crippen LogP contribution in [0.5, 0.6) is 0 Å². The van der Waals surface area contributed by atoms with Crippen molar-refractivity contribution < 1.29 is 34.1 Å². The molecule has 0 saturated carbocycles. The van der Waals surface area contributed by atoms with Crippen molar-refractivity contribution in [3.8, 4) is 0 Å². The van der Waals surface area contributed by atoms with Gasteiger partial charge in [-0.15, -0.1) is 0 Å². The van der Waals surface area contributed by atoms with E-state index in [2.05, 4.69) is 4.74 Å². The number of hydrogen-bond acceptors (Lipinski definition) is 5. The first-order valence-electron chi connectivity index (χ1n) is 6.18. The standard InChI is InChI=1S/C10H10O3.C4H4O4/c11-9(7-3-1-4-7)13-10(12)8-5-2-6-8;5-3(6)1-2-4(7)8/h3,5H,1-2,4,6H2;1-2H,(H,5,6)(H,7,8)/b;2-1-. The molecule has 7 heteroatoms. The first-order valence-corrected chi connectivity index (χ1v) is 6.18. The van der Waals surface area contributed by atoms with Gasteiger partial charge >= 0.3 is 23.9 Å². The van der Waals surface area contributed by atoms with E-state index in [1.165, 1.54) is 0 Å². The number of carboxylic acid groups (broad SMARTS) is 2. The predicted octanol–water partition coefficient (Wildman–Crippen LogP) is 1.21. The summed E-state index contributed by atoms with van der Waals surface area (Å²) in [6, 6.07) is 0. The fourth-order valence-electron chi connectivity index (χ4n) is 1.31. The lowest BCUT2D eigenvalue weighted by atomic mass is 9.98. The van der Waals surface area contributed by atoms with Crippen LogP contribution < -0.4 is 0 Å². The zero-order valence-corrected chi connectivity index (χ0v) is 11.1. The molecule has 0 spiro atoms. The molecule has 0 aromatic carbocycles. The molecular weight excluding hydrogens is 280 g/mol. The summed E-state index contributed by atoms with van der Waals surface area (Å²) >= 11 is 0. The van der Waals surface area contributed by atoms with Crippen LogP contribution in [0.1, 0.15) is 25.7 Å². The van der Waals surface area contributed by atoms with Crippen molar-refractivity contribution in [1.82, 2.24) is 0 Å². The van der Waals surface area contributed by atoms with Gasteiger partial charge in [-0.2, -0.15) is 0 Å². The van der Waals surface area contributed by atoms with Crippen LogP contribution in [0.2, 0.25) is 0 Å². The van der Waals surface area contributed by atoms with Crippen LogP contribution in [0.4, 0.5) is 0 Å². The lowest BCUT2D eigenvalue weighted by molar-refractivity contribution is -0.154. The van der Waals surface area contributed by atoms with Crippen molar-refractivity contribution in [1.29, 1.82) is 0 Å². The molecule has 7 nitrogen and oxygen atoms in total. The Kier molecular flexibility index (Phi) is 6.06. The van der Waals surface area contributed by atoms with Gasteiger partial charge in [0.15, 0.2) is 0 Å². The zero-order valence-electron chi connectivity index (χ0n) is 11.1. The molecule has 0 bridgehead atoms. The molecule has 112 valence electrons. The molecule has 0 radical (unpaired) electrons. The largest absolute Gasteiger partial charge is 0.478 e. The minimum atomic E-state index is -1.26. The highest BCUT2D eigenvalue weighted by molar-refractivity contribution is 6.02. The second kappa shape index (κ2) is 7.78. The molecule has 0 aromatic rings. The number of carbonyl (C=O) groups excluding carboxylic acids is 2. The number of allylic oxidation sites excluding steroid dienone is 2. The Morgan fingerprint density at radius 2 is 1.19 bits per heavy atom. The van der Waals surface area contributed by atoms with Crippen molar-refractivity contribution in [2.24, 2.45) is 0 Å². The molecule has 0 amide bonds. The molecule has 0 atom stereocenters. The van der Waals surface area contributed by atoms with E-state index < -0.39 is 23.9 Å². The third kappa shape index (κ3) is 5.85. The average Bonchev–Trinajstić information content (AvgIpc) is 2.21. The van der Waals surface area contributed by atoms with E-state index in [9.17, 15) is 19.2 Å². The second-order valence-corrected chi connectivity index (χ2v) is 4.22. The highest BCUT2D eigenvalue weighted by Crippen LogP contribution is 2.22. The van der Waals surface area contributed by atoms with Gasteiger partial charge in [-0.25, -0.2) is 19.2 Å². The Morgan fingerprint density at radius 1 is 0.857 bits per heavy atom. The SMILES string of the molecule is O=C(O)/C=C\C(=O)O.O=C(OC(=O)C1=CCC1)C1=CCC1. The molecule has 2 aliphatic carbocycles. The first-order chi connectivity index (χ1) is 9.90. The third-order valence-electron chi connectivity index (χ3n) is 2.69. The van der Waals surface area contributed by atoms with Gasteiger partial charge in [-0.3, -0.25) is 0 Å². The van der Waals surface area contributed by atoms with Gasteiger partial charge < -0.3 is 14.9 Å². The third-order valence-corrected chi connectivity index (χ3v) is 2.69. The summed E-state index contributed by atoms with van der Waals surface area (Å²) in [5.74, 6) is -3.45. The van der Waals surface area contributed by atoms with Crippen molar-refractivity contribution in [2.45, 2.75) is 25.7 Å². The van der Waals surface area contributed by atoms with Gasteiger partial charge in [-0.1, -0.05) is 12.2 Å². The predicted molar refractivity (Wildman–Crippen MR) is 70.1 cm³/mol. The maximum absolute atomic E-state index is 11.1. The average molecular weight is 294 g/mol. The number of aliphatic carboxylic acids is 2. The van der Waals surface area contributed by atoms with Crippen molar-refractivity contribution in [2.75, 3.05) is 0 Å². The molecule has 2 rings (SSSR count). The van der Waals surface area contributed by atoms with E-state index in [-0.39, 0.29) is 0 Å². The van der Waals surface area contributed by atoms with Gasteiger partial charge in [0.2, 0.25) is 0 Å². The quantitative estimate of drug-likeness (QED) is 0.454. The van der Waals surface area contributed by atoms with Crippen LogP contribution in [-0.4, -0.2) is 34.1 Å². The van der Waals surface area contributed by atoms with Crippen molar-refractivity contribution >= 4 is 23.9 Å². The van der Waals surface area contributed by atoms with Crippen LogP contribution in [0.25, 0.3) is 0 Å². The minimum Gasteiger partial charge on any atom is -0.478 e. The van der Waals surface area contributed by atoms with E-state index in [1.807, 2.05) is 0 Å². The molecule has 0 saturated heterocycles. The lowest BCUT2D eigenvalue weighted by Gasteiger charge is -2.15. The number of carbonyl (C=O) groups is 4. The van der Waals surface area contributed by atoms with E-state index in [1.54, 1.807) is 12.2 Å². The summed E-state index contributed by atoms with van der Waals surface area (Å²) in [6.07, 6.45) is 8.03. The van der Waals surface area contributed by atoms with Crippen LogP contribution in [0.15, 0.2) is 35.5 Å². The zero-order chi connectivity index (χ0) is 15.8. The smallest absolute Gasteiger partial charge is 0.341 e. The van der Waals surface area contributed by atoms with Crippen LogP contribution in [0.3, 0.4) is 0 Å². The van der Waals surface area contributed by atoms with E-state index in [0.29, 0.717) is 23.3 Å². The molecule has 21 heavy (non-hydrogen) atoms. The van der Waals surface area contributed by atoms with E-state index >= 15 is 0 Å². The van der Waals surface area contributed by atoms with Gasteiger partial charge in [0.25, 0.3) is 0 Å². The van der Waals surface area contributed by atoms with Crippen molar-refractivity contribution in [3.05, 3.63) is 35.5 Å². The van der Waals surface area contributed by atoms with Crippen molar-refractivity contribution in [3.63, 3.8) is 0 Å².